The van der Waals surface area contributed by atoms with Crippen LogP contribution in [0.1, 0.15) is 0 Å². The minimum atomic E-state index is -2.84. The summed E-state index contributed by atoms with van der Waals surface area (Å²) >= 11 is 0. The number of hydrogen-bond donors (Lipinski definition) is 1. The highest BCUT2D eigenvalue weighted by Crippen LogP contribution is 2.17. The lowest BCUT2D eigenvalue weighted by Gasteiger charge is -1.89. The van der Waals surface area contributed by atoms with E-state index < -0.39 is 9.73 Å². The molecule has 0 aliphatic carbocycles. The van der Waals surface area contributed by atoms with E-state index in [1.165, 1.54) is 6.26 Å². The van der Waals surface area contributed by atoms with Crippen LogP contribution in [0.3, 0.4) is 0 Å². The van der Waals surface area contributed by atoms with Gasteiger partial charge in [0, 0.05) is 6.26 Å². The normalized spacial score (nSPS) is 15.8. The van der Waals surface area contributed by atoms with Crippen LogP contribution in [0.5, 0.6) is 0 Å². The second-order valence-electron chi connectivity index (χ2n) is 2.79. The summed E-state index contributed by atoms with van der Waals surface area (Å²) in [5, 5.41) is -0.00583. The van der Waals surface area contributed by atoms with E-state index in [-0.39, 0.29) is 5.22 Å². The number of hydrogen-bond acceptors (Lipinski definition) is 4. The minimum absolute atomic E-state index is 0.00583. The zero-order valence-electron chi connectivity index (χ0n) is 6.98. The number of fused-ring (bicyclic) bond motifs is 1. The third-order valence-corrected chi connectivity index (χ3v) is 2.45. The lowest BCUT2D eigenvalue weighted by molar-refractivity contribution is 0.475. The van der Waals surface area contributed by atoms with Crippen LogP contribution >= 0.6 is 0 Å². The van der Waals surface area contributed by atoms with E-state index in [1.54, 1.807) is 18.2 Å². The molecule has 0 amide bonds. The van der Waals surface area contributed by atoms with Crippen molar-refractivity contribution < 1.29 is 8.63 Å². The molecule has 0 spiro atoms. The number of nitrogens with one attached hydrogen (secondary N) is 1. The Labute approximate surface area is 75.6 Å². The summed E-state index contributed by atoms with van der Waals surface area (Å²) in [4.78, 5) is 3.95. The fourth-order valence-corrected chi connectivity index (χ4v) is 1.54. The molecular formula is C8H8N2O2S. The van der Waals surface area contributed by atoms with Crippen molar-refractivity contribution in [3.63, 3.8) is 0 Å². The van der Waals surface area contributed by atoms with Gasteiger partial charge in [0.15, 0.2) is 5.58 Å². The summed E-state index contributed by atoms with van der Waals surface area (Å²) in [6, 6.07) is 7.11. The Morgan fingerprint density at radius 2 is 2.15 bits per heavy atom. The predicted molar refractivity (Wildman–Crippen MR) is 49.1 cm³/mol. The van der Waals surface area contributed by atoms with Gasteiger partial charge in [0.2, 0.25) is 0 Å². The molecule has 1 atom stereocenters. The zero-order valence-corrected chi connectivity index (χ0v) is 7.80. The monoisotopic (exact) mass is 196 g/mol. The molecule has 1 aromatic carbocycles. The van der Waals surface area contributed by atoms with Gasteiger partial charge < -0.3 is 4.42 Å². The van der Waals surface area contributed by atoms with Gasteiger partial charge in [-0.3, -0.25) is 0 Å². The van der Waals surface area contributed by atoms with E-state index in [4.69, 9.17) is 9.20 Å². The highest BCUT2D eigenvalue weighted by molar-refractivity contribution is 7.91. The maximum atomic E-state index is 11.3. The highest BCUT2D eigenvalue weighted by atomic mass is 32.2. The predicted octanol–water partition coefficient (Wildman–Crippen LogP) is 1.86. The Kier molecular flexibility index (Phi) is 1.63. The van der Waals surface area contributed by atoms with Gasteiger partial charge in [0.1, 0.15) is 15.2 Å². The van der Waals surface area contributed by atoms with Crippen LogP contribution in [0.2, 0.25) is 0 Å². The quantitative estimate of drug-likeness (QED) is 0.757. The van der Waals surface area contributed by atoms with Crippen LogP contribution in [0.4, 0.5) is 0 Å². The second-order valence-corrected chi connectivity index (χ2v) is 4.83. The molecule has 2 rings (SSSR count). The Morgan fingerprint density at radius 3 is 2.77 bits per heavy atom. The topological polar surface area (TPSA) is 67.0 Å². The Hall–Kier alpha value is -1.36. The molecule has 0 bridgehead atoms. The molecule has 0 fully saturated rings. The molecule has 0 saturated heterocycles. The number of aromatic nitrogens is 1. The van der Waals surface area contributed by atoms with Gasteiger partial charge in [-0.2, -0.15) is 0 Å². The van der Waals surface area contributed by atoms with Crippen LogP contribution in [0.15, 0.2) is 33.9 Å². The summed E-state index contributed by atoms with van der Waals surface area (Å²) in [6.45, 7) is 0. The highest BCUT2D eigenvalue weighted by Gasteiger charge is 2.11. The zero-order chi connectivity index (χ0) is 9.47. The van der Waals surface area contributed by atoms with E-state index in [0.29, 0.717) is 11.1 Å². The number of para-hydroxylation sites is 2. The van der Waals surface area contributed by atoms with Gasteiger partial charge in [-0.05, 0) is 12.1 Å². The molecule has 1 aromatic heterocycles. The van der Waals surface area contributed by atoms with E-state index in [9.17, 15) is 4.21 Å². The maximum absolute atomic E-state index is 11.3. The van der Waals surface area contributed by atoms with Crippen LogP contribution in [0, 0.1) is 4.78 Å². The third-order valence-electron chi connectivity index (χ3n) is 1.61. The van der Waals surface area contributed by atoms with E-state index in [1.807, 2.05) is 6.07 Å². The van der Waals surface area contributed by atoms with Gasteiger partial charge in [-0.25, -0.2) is 14.0 Å². The smallest absolute Gasteiger partial charge is 0.295 e. The molecule has 0 aliphatic rings. The van der Waals surface area contributed by atoms with Crippen LogP contribution in [-0.2, 0) is 9.73 Å². The van der Waals surface area contributed by atoms with Crippen LogP contribution < -0.4 is 0 Å². The lowest BCUT2D eigenvalue weighted by Crippen LogP contribution is -1.93. The van der Waals surface area contributed by atoms with Crippen molar-refractivity contribution in [1.82, 2.24) is 4.98 Å². The minimum Gasteiger partial charge on any atom is -0.429 e. The first-order chi connectivity index (χ1) is 6.07. The first-order valence-corrected chi connectivity index (χ1v) is 5.63. The van der Waals surface area contributed by atoms with E-state index in [2.05, 4.69) is 4.98 Å². The van der Waals surface area contributed by atoms with Crippen LogP contribution in [0.25, 0.3) is 11.1 Å². The summed E-state index contributed by atoms with van der Waals surface area (Å²) < 4.78 is 23.7. The van der Waals surface area contributed by atoms with Crippen molar-refractivity contribution in [2.75, 3.05) is 6.26 Å². The molecular weight excluding hydrogens is 188 g/mol. The first-order valence-electron chi connectivity index (χ1n) is 3.67. The second kappa shape index (κ2) is 2.56. The van der Waals surface area contributed by atoms with Gasteiger partial charge in [0.05, 0.1) is 0 Å². The van der Waals surface area contributed by atoms with Gasteiger partial charge in [-0.1, -0.05) is 12.1 Å². The SMILES string of the molecule is C[S@](=N)(=O)c1nc2ccccc2o1. The van der Waals surface area contributed by atoms with Crippen molar-refractivity contribution in [2.45, 2.75) is 5.22 Å². The van der Waals surface area contributed by atoms with Gasteiger partial charge in [0.25, 0.3) is 5.22 Å². The Balaban J connectivity index is 2.77. The van der Waals surface area contributed by atoms with E-state index >= 15 is 0 Å². The summed E-state index contributed by atoms with van der Waals surface area (Å²) in [7, 11) is -2.84. The molecule has 0 radical (unpaired) electrons. The molecule has 2 aromatic rings. The molecule has 5 heteroatoms. The van der Waals surface area contributed by atoms with Crippen molar-refractivity contribution in [3.8, 4) is 0 Å². The Bertz CT molecular complexity index is 509. The summed E-state index contributed by atoms with van der Waals surface area (Å²) in [5.41, 5.74) is 1.21. The van der Waals surface area contributed by atoms with E-state index in [0.717, 1.165) is 0 Å². The average molecular weight is 196 g/mol. The molecule has 0 aliphatic heterocycles. The molecule has 0 saturated carbocycles. The fraction of sp³-hybridized carbons (Fsp3) is 0.125. The fourth-order valence-electron chi connectivity index (χ4n) is 1.02. The molecule has 13 heavy (non-hydrogen) atoms. The Morgan fingerprint density at radius 1 is 1.46 bits per heavy atom. The van der Waals surface area contributed by atoms with Crippen molar-refractivity contribution in [3.05, 3.63) is 24.3 Å². The number of benzene rings is 1. The van der Waals surface area contributed by atoms with Crippen molar-refractivity contribution >= 4 is 20.8 Å². The average Bonchev–Trinajstić information content (AvgIpc) is 2.45. The van der Waals surface area contributed by atoms with Crippen molar-refractivity contribution in [1.29, 1.82) is 4.78 Å². The lowest BCUT2D eigenvalue weighted by atomic mass is 10.3. The third kappa shape index (κ3) is 1.42. The number of rotatable bonds is 1. The standard InChI is InChI=1S/C8H8N2O2S/c1-13(9,11)8-10-6-4-2-3-5-7(6)12-8/h2-5,9H,1H3/t13-/m0/s1. The van der Waals surface area contributed by atoms with Gasteiger partial charge in [-0.15, -0.1) is 0 Å². The molecule has 1 heterocycles. The largest absolute Gasteiger partial charge is 0.429 e. The number of oxazole rings is 1. The van der Waals surface area contributed by atoms with Gasteiger partial charge >= 0.3 is 0 Å². The molecule has 4 nitrogen and oxygen atoms in total. The maximum Gasteiger partial charge on any atom is 0.295 e. The van der Waals surface area contributed by atoms with Crippen LogP contribution in [-0.4, -0.2) is 15.4 Å². The molecule has 0 unspecified atom stereocenters. The van der Waals surface area contributed by atoms with Crippen molar-refractivity contribution in [2.24, 2.45) is 0 Å². The first kappa shape index (κ1) is 8.25. The summed E-state index contributed by atoms with van der Waals surface area (Å²) in [5.74, 6) is 0. The molecule has 1 N–H and O–H groups in total. The summed E-state index contributed by atoms with van der Waals surface area (Å²) in [6.07, 6.45) is 1.29. The number of nitrogens with zero attached hydrogens (tertiary/aromatic N) is 1. The molecule has 68 valence electrons.